The third-order valence-corrected chi connectivity index (χ3v) is 10.0. The zero-order chi connectivity index (χ0) is 32.8. The maximum Gasteiger partial charge on any atom is 0.262 e. The van der Waals surface area contributed by atoms with Gasteiger partial charge >= 0.3 is 0 Å². The molecule has 3 N–H and O–H groups in total. The molecule has 246 valence electrons. The number of hydrogen-bond acceptors (Lipinski definition) is 10. The lowest BCUT2D eigenvalue weighted by Gasteiger charge is -2.35. The van der Waals surface area contributed by atoms with Crippen molar-refractivity contribution in [1.29, 1.82) is 0 Å². The second kappa shape index (κ2) is 12.5. The van der Waals surface area contributed by atoms with E-state index in [0.29, 0.717) is 12.0 Å². The van der Waals surface area contributed by atoms with Gasteiger partial charge in [0.2, 0.25) is 11.8 Å². The summed E-state index contributed by atoms with van der Waals surface area (Å²) in [6.07, 6.45) is 10.2. The zero-order valence-corrected chi connectivity index (χ0v) is 26.5. The van der Waals surface area contributed by atoms with E-state index in [2.05, 4.69) is 55.0 Å². The van der Waals surface area contributed by atoms with E-state index in [9.17, 15) is 19.2 Å². The largest absolute Gasteiger partial charge is 0.385 e. The Bertz CT molecular complexity index is 1930. The molecule has 8 rings (SSSR count). The first kappa shape index (κ1) is 30.2. The number of benzene rings is 2. The van der Waals surface area contributed by atoms with Gasteiger partial charge in [-0.15, -0.1) is 0 Å². The molecule has 5 heterocycles. The number of carbonyl (C=O) groups is 4. The molecule has 13 heteroatoms. The van der Waals surface area contributed by atoms with E-state index in [1.54, 1.807) is 18.2 Å². The molecule has 48 heavy (non-hydrogen) atoms. The lowest BCUT2D eigenvalue weighted by Crippen LogP contribution is -2.54. The third-order valence-electron chi connectivity index (χ3n) is 10.0. The van der Waals surface area contributed by atoms with Gasteiger partial charge in [0.15, 0.2) is 0 Å². The van der Waals surface area contributed by atoms with Crippen molar-refractivity contribution in [3.8, 4) is 11.3 Å². The Morgan fingerprint density at radius 1 is 0.917 bits per heavy atom. The van der Waals surface area contributed by atoms with Gasteiger partial charge in [-0.3, -0.25) is 39.1 Å². The van der Waals surface area contributed by atoms with Crippen LogP contribution in [0.15, 0.2) is 55.0 Å². The number of carbonyl (C=O) groups excluding carboxylic acids is 4. The fraction of sp³-hybridized carbons (Fsp3) is 0.400. The number of amides is 4. The predicted molar refractivity (Wildman–Crippen MR) is 178 cm³/mol. The van der Waals surface area contributed by atoms with Crippen LogP contribution in [0.3, 0.4) is 0 Å². The molecule has 2 aromatic heterocycles. The van der Waals surface area contributed by atoms with Crippen molar-refractivity contribution in [3.63, 3.8) is 0 Å². The first-order valence-corrected chi connectivity index (χ1v) is 16.8. The highest BCUT2D eigenvalue weighted by atomic mass is 16.2. The highest BCUT2D eigenvalue weighted by Gasteiger charge is 2.44. The molecule has 1 aliphatic carbocycles. The highest BCUT2D eigenvalue weighted by molar-refractivity contribution is 6.23. The molecule has 3 fully saturated rings. The summed E-state index contributed by atoms with van der Waals surface area (Å²) in [5, 5.41) is 13.6. The molecule has 2 saturated heterocycles. The van der Waals surface area contributed by atoms with Crippen LogP contribution in [-0.2, 0) is 9.59 Å². The van der Waals surface area contributed by atoms with Crippen LogP contribution in [-0.4, -0.2) is 87.0 Å². The zero-order valence-electron chi connectivity index (χ0n) is 26.5. The summed E-state index contributed by atoms with van der Waals surface area (Å²) in [4.78, 5) is 62.8. The molecule has 1 unspecified atom stereocenters. The lowest BCUT2D eigenvalue weighted by atomic mass is 9.77. The summed E-state index contributed by atoms with van der Waals surface area (Å²) in [5.41, 5.74) is 6.08. The number of aromatic nitrogens is 4. The second-order valence-electron chi connectivity index (χ2n) is 13.1. The van der Waals surface area contributed by atoms with Crippen molar-refractivity contribution in [3.05, 3.63) is 66.1 Å². The fourth-order valence-corrected chi connectivity index (χ4v) is 7.28. The van der Waals surface area contributed by atoms with Gasteiger partial charge in [0.1, 0.15) is 6.04 Å². The van der Waals surface area contributed by atoms with Gasteiger partial charge in [-0.2, -0.15) is 5.10 Å². The van der Waals surface area contributed by atoms with Crippen LogP contribution in [0.5, 0.6) is 0 Å². The van der Waals surface area contributed by atoms with Crippen LogP contribution in [0.4, 0.5) is 11.4 Å². The Morgan fingerprint density at radius 3 is 2.58 bits per heavy atom. The average molecular weight is 648 g/mol. The average Bonchev–Trinajstić information content (AvgIpc) is 3.66. The summed E-state index contributed by atoms with van der Waals surface area (Å²) in [6, 6.07) is 10.8. The number of fused-ring (bicyclic) bond motifs is 2. The Hall–Kier alpha value is -5.17. The minimum Gasteiger partial charge on any atom is -0.385 e. The summed E-state index contributed by atoms with van der Waals surface area (Å²) < 4.78 is 2.06. The van der Waals surface area contributed by atoms with Crippen molar-refractivity contribution in [2.24, 2.45) is 5.92 Å². The Labute approximate surface area is 277 Å². The molecule has 4 aliphatic rings. The monoisotopic (exact) mass is 647 g/mol. The van der Waals surface area contributed by atoms with Crippen LogP contribution < -0.4 is 20.9 Å². The van der Waals surface area contributed by atoms with Gasteiger partial charge in [0, 0.05) is 62.3 Å². The minimum absolute atomic E-state index is 0.0976. The summed E-state index contributed by atoms with van der Waals surface area (Å²) >= 11 is 0. The molecule has 1 saturated carbocycles. The van der Waals surface area contributed by atoms with Crippen LogP contribution >= 0.6 is 0 Å². The van der Waals surface area contributed by atoms with E-state index < -0.39 is 23.8 Å². The van der Waals surface area contributed by atoms with Crippen molar-refractivity contribution in [1.82, 2.24) is 35.3 Å². The smallest absolute Gasteiger partial charge is 0.262 e. The van der Waals surface area contributed by atoms with Crippen LogP contribution in [0, 0.1) is 5.92 Å². The SMILES string of the molecule is O=C1CCC(N2C(=O)c3ccc(NCCC[C@H]4C[C@H](n5cc(-c6cnc7cc(N8CCNCC8)ccc7n6)cn5)C4)cc3C2=O)C(=O)N1. The molecule has 0 bridgehead atoms. The Morgan fingerprint density at radius 2 is 1.75 bits per heavy atom. The van der Waals surface area contributed by atoms with E-state index in [4.69, 9.17) is 9.97 Å². The molecule has 13 nitrogen and oxygen atoms in total. The van der Waals surface area contributed by atoms with Crippen molar-refractivity contribution < 1.29 is 19.2 Å². The number of rotatable bonds is 9. The predicted octanol–water partition coefficient (Wildman–Crippen LogP) is 3.15. The molecular weight excluding hydrogens is 610 g/mol. The van der Waals surface area contributed by atoms with Crippen LogP contribution in [0.25, 0.3) is 22.3 Å². The number of piperidine rings is 1. The van der Waals surface area contributed by atoms with E-state index in [1.807, 2.05) is 12.4 Å². The number of hydrogen-bond donors (Lipinski definition) is 3. The van der Waals surface area contributed by atoms with Crippen molar-refractivity contribution >= 4 is 46.0 Å². The van der Waals surface area contributed by atoms with Gasteiger partial charge < -0.3 is 15.5 Å². The maximum absolute atomic E-state index is 13.1. The van der Waals surface area contributed by atoms with Gasteiger partial charge in [0.25, 0.3) is 11.8 Å². The quantitative estimate of drug-likeness (QED) is 0.182. The molecular formula is C35H37N9O4. The fourth-order valence-electron chi connectivity index (χ4n) is 7.28. The number of piperazine rings is 1. The first-order chi connectivity index (χ1) is 23.4. The molecule has 4 amide bonds. The van der Waals surface area contributed by atoms with Gasteiger partial charge in [0.05, 0.1) is 46.3 Å². The molecule has 3 aliphatic heterocycles. The normalized spacial score (nSPS) is 22.5. The van der Waals surface area contributed by atoms with Gasteiger partial charge in [-0.25, -0.2) is 4.98 Å². The lowest BCUT2D eigenvalue weighted by molar-refractivity contribution is -0.136. The summed E-state index contributed by atoms with van der Waals surface area (Å²) in [6.45, 7) is 4.71. The summed E-state index contributed by atoms with van der Waals surface area (Å²) in [7, 11) is 0. The van der Waals surface area contributed by atoms with E-state index >= 15 is 0 Å². The van der Waals surface area contributed by atoms with Gasteiger partial charge in [-0.05, 0) is 74.4 Å². The Balaban J connectivity index is 0.809. The van der Waals surface area contributed by atoms with E-state index in [-0.39, 0.29) is 29.9 Å². The molecule has 4 aromatic rings. The molecule has 2 aromatic carbocycles. The number of nitrogens with zero attached hydrogens (tertiary/aromatic N) is 6. The standard InChI is InChI=1S/C35H37N9O4/c45-32-8-7-31(33(46)41-32)44-34(47)26-5-3-23(16-27(26)35(44)48)37-9-1-2-21-14-25(15-21)43-20-22(18-39-43)30-19-38-29-17-24(4-6-28(29)40-30)42-12-10-36-11-13-42/h3-6,16-21,25,31,36-37H,1-2,7-15H2,(H,41,45,46)/t21-,25-,31?. The van der Waals surface area contributed by atoms with Crippen LogP contribution in [0.2, 0.25) is 0 Å². The van der Waals surface area contributed by atoms with Gasteiger partial charge in [-0.1, -0.05) is 0 Å². The first-order valence-electron chi connectivity index (χ1n) is 16.8. The number of nitrogens with one attached hydrogen (secondary N) is 3. The van der Waals surface area contributed by atoms with E-state index in [0.717, 1.165) is 91.3 Å². The van der Waals surface area contributed by atoms with Crippen LogP contribution in [0.1, 0.15) is 65.3 Å². The highest BCUT2D eigenvalue weighted by Crippen LogP contribution is 2.40. The number of imide groups is 2. The second-order valence-corrected chi connectivity index (χ2v) is 13.1. The van der Waals surface area contributed by atoms with Crippen molar-refractivity contribution in [2.75, 3.05) is 42.9 Å². The molecule has 1 atom stereocenters. The maximum atomic E-state index is 13.1. The molecule has 0 spiro atoms. The third kappa shape index (κ3) is 5.68. The minimum atomic E-state index is -0.963. The summed E-state index contributed by atoms with van der Waals surface area (Å²) in [5.74, 6) is -1.37. The number of anilines is 2. The van der Waals surface area contributed by atoms with Crippen molar-refractivity contribution in [2.45, 2.75) is 50.6 Å². The Kier molecular flexibility index (Phi) is 7.83. The topological polar surface area (TPSA) is 154 Å². The molecule has 0 radical (unpaired) electrons. The van der Waals surface area contributed by atoms with E-state index in [1.165, 1.54) is 5.69 Å².